The number of hydrogen-bond acceptors (Lipinski definition) is 1. The number of aromatic nitrogens is 2. The molecule has 0 spiro atoms. The van der Waals surface area contributed by atoms with Crippen molar-refractivity contribution in [2.24, 2.45) is 0 Å². The number of ether oxygens (including phenoxy) is 1. The average Bonchev–Trinajstić information content (AvgIpc) is 3.59. The van der Waals surface area contributed by atoms with Crippen molar-refractivity contribution < 1.29 is 4.74 Å². The molecule has 3 nitrogen and oxygen atoms in total. The number of rotatable bonds is 2. The van der Waals surface area contributed by atoms with Gasteiger partial charge in [0.2, 0.25) is 0 Å². The van der Waals surface area contributed by atoms with Crippen molar-refractivity contribution in [1.82, 2.24) is 9.13 Å². The Morgan fingerprint density at radius 3 is 1.84 bits per heavy atom. The third kappa shape index (κ3) is 3.03. The van der Waals surface area contributed by atoms with Crippen LogP contribution < -0.4 is 4.74 Å². The number of nitrogens with zero attached hydrogens (tertiary/aromatic N) is 2. The van der Waals surface area contributed by atoms with Crippen molar-refractivity contribution >= 4 is 54.4 Å². The molecule has 0 amide bonds. The molecule has 0 aliphatic carbocycles. The number of fused-ring (bicyclic) bond motifs is 10. The zero-order valence-electron chi connectivity index (χ0n) is 23.2. The van der Waals surface area contributed by atoms with Gasteiger partial charge in [-0.3, -0.25) is 0 Å². The van der Waals surface area contributed by atoms with Crippen LogP contribution in [0.3, 0.4) is 0 Å². The quantitative estimate of drug-likeness (QED) is 0.210. The molecule has 0 unspecified atom stereocenters. The van der Waals surface area contributed by atoms with Gasteiger partial charge in [0.15, 0.2) is 11.5 Å². The summed E-state index contributed by atoms with van der Waals surface area (Å²) >= 11 is 0. The molecule has 2 aromatic heterocycles. The van der Waals surface area contributed by atoms with Crippen molar-refractivity contribution in [3.63, 3.8) is 0 Å². The van der Waals surface area contributed by atoms with Crippen molar-refractivity contribution in [2.75, 3.05) is 0 Å². The molecule has 3 heterocycles. The van der Waals surface area contributed by atoms with Gasteiger partial charge in [0.1, 0.15) is 0 Å². The molecule has 9 aromatic rings. The van der Waals surface area contributed by atoms with Crippen LogP contribution in [-0.4, -0.2) is 9.13 Å². The van der Waals surface area contributed by atoms with Gasteiger partial charge >= 0.3 is 0 Å². The Morgan fingerprint density at radius 2 is 1.02 bits per heavy atom. The smallest absolute Gasteiger partial charge is 0.152 e. The van der Waals surface area contributed by atoms with E-state index in [-0.39, 0.29) is 0 Å². The van der Waals surface area contributed by atoms with E-state index in [0.29, 0.717) is 0 Å². The minimum Gasteiger partial charge on any atom is -0.453 e. The number of para-hydroxylation sites is 4. The number of hydrogen-bond donors (Lipinski definition) is 0. The van der Waals surface area contributed by atoms with Crippen molar-refractivity contribution in [2.45, 2.75) is 0 Å². The van der Waals surface area contributed by atoms with E-state index < -0.39 is 0 Å². The Bertz CT molecular complexity index is 2580. The highest BCUT2D eigenvalue weighted by molar-refractivity contribution is 6.18. The first-order chi connectivity index (χ1) is 21.3. The second-order valence-electron chi connectivity index (χ2n) is 11.3. The van der Waals surface area contributed by atoms with Crippen LogP contribution in [0.25, 0.3) is 76.9 Å². The van der Waals surface area contributed by atoms with Crippen LogP contribution in [0.4, 0.5) is 0 Å². The second-order valence-corrected chi connectivity index (χ2v) is 11.3. The summed E-state index contributed by atoms with van der Waals surface area (Å²) in [6, 6.07) is 52.3. The van der Waals surface area contributed by atoms with Gasteiger partial charge in [-0.2, -0.15) is 0 Å². The summed E-state index contributed by atoms with van der Waals surface area (Å²) in [5, 5.41) is 7.49. The zero-order chi connectivity index (χ0) is 28.1. The molecular weight excluding hydrogens is 524 g/mol. The maximum atomic E-state index is 6.54. The fourth-order valence-electron chi connectivity index (χ4n) is 7.28. The molecule has 0 bridgehead atoms. The topological polar surface area (TPSA) is 19.1 Å². The van der Waals surface area contributed by atoms with Gasteiger partial charge in [0, 0.05) is 38.2 Å². The lowest BCUT2D eigenvalue weighted by Gasteiger charge is -2.23. The maximum absolute atomic E-state index is 6.54. The summed E-state index contributed by atoms with van der Waals surface area (Å²) in [4.78, 5) is 0. The fraction of sp³-hybridized carbons (Fsp3) is 0. The minimum atomic E-state index is 0.872. The van der Waals surface area contributed by atoms with Crippen LogP contribution in [0, 0.1) is 0 Å². The molecular formula is C40H24N2O. The van der Waals surface area contributed by atoms with E-state index in [1.807, 2.05) is 0 Å². The van der Waals surface area contributed by atoms with E-state index in [2.05, 4.69) is 155 Å². The largest absolute Gasteiger partial charge is 0.453 e. The first-order valence-corrected chi connectivity index (χ1v) is 14.7. The molecule has 1 aliphatic heterocycles. The Hall–Kier alpha value is -5.80. The van der Waals surface area contributed by atoms with E-state index in [4.69, 9.17) is 4.74 Å². The lowest BCUT2D eigenvalue weighted by molar-refractivity contribution is 0.477. The van der Waals surface area contributed by atoms with Crippen molar-refractivity contribution in [3.05, 3.63) is 146 Å². The van der Waals surface area contributed by atoms with Crippen LogP contribution in [0.15, 0.2) is 146 Å². The van der Waals surface area contributed by atoms with Gasteiger partial charge in [0.05, 0.1) is 27.8 Å². The minimum absolute atomic E-state index is 0.872. The van der Waals surface area contributed by atoms with E-state index in [1.54, 1.807) is 0 Å². The predicted octanol–water partition coefficient (Wildman–Crippen LogP) is 10.8. The van der Waals surface area contributed by atoms with Gasteiger partial charge in [-0.15, -0.1) is 0 Å². The molecule has 43 heavy (non-hydrogen) atoms. The number of benzene rings is 7. The maximum Gasteiger partial charge on any atom is 0.152 e. The van der Waals surface area contributed by atoms with Crippen LogP contribution in [0.2, 0.25) is 0 Å². The molecule has 1 aliphatic rings. The third-order valence-electron chi connectivity index (χ3n) is 9.10. The summed E-state index contributed by atoms with van der Waals surface area (Å²) in [7, 11) is 0. The Kier molecular flexibility index (Phi) is 4.45. The SMILES string of the molecule is c1cc2c(c(-c3ccc(-n4c5ccccc5c5ccc6ccccc6c54)cc3)c1)-n1c3ccccc3c3cccc(c31)O2. The molecule has 0 fully saturated rings. The van der Waals surface area contributed by atoms with E-state index >= 15 is 0 Å². The van der Waals surface area contributed by atoms with Gasteiger partial charge < -0.3 is 13.9 Å². The van der Waals surface area contributed by atoms with E-state index in [0.717, 1.165) is 39.5 Å². The molecule has 10 rings (SSSR count). The van der Waals surface area contributed by atoms with Crippen LogP contribution >= 0.6 is 0 Å². The van der Waals surface area contributed by atoms with Gasteiger partial charge in [-0.1, -0.05) is 109 Å². The highest BCUT2D eigenvalue weighted by Crippen LogP contribution is 2.48. The van der Waals surface area contributed by atoms with E-state index in [9.17, 15) is 0 Å². The second kappa shape index (κ2) is 8.37. The lowest BCUT2D eigenvalue weighted by Crippen LogP contribution is -2.06. The van der Waals surface area contributed by atoms with Gasteiger partial charge in [-0.25, -0.2) is 0 Å². The summed E-state index contributed by atoms with van der Waals surface area (Å²) in [5.41, 5.74) is 9.30. The summed E-state index contributed by atoms with van der Waals surface area (Å²) in [6.45, 7) is 0. The van der Waals surface area contributed by atoms with E-state index in [1.165, 1.54) is 48.9 Å². The Morgan fingerprint density at radius 1 is 0.395 bits per heavy atom. The Balaban J connectivity index is 1.21. The molecule has 0 saturated carbocycles. The highest BCUT2D eigenvalue weighted by atomic mass is 16.5. The van der Waals surface area contributed by atoms with Gasteiger partial charge in [-0.05, 0) is 47.3 Å². The fourth-order valence-corrected chi connectivity index (χ4v) is 7.28. The first kappa shape index (κ1) is 22.8. The van der Waals surface area contributed by atoms with Crippen molar-refractivity contribution in [1.29, 1.82) is 0 Å². The molecule has 0 N–H and O–H groups in total. The predicted molar refractivity (Wildman–Crippen MR) is 178 cm³/mol. The molecule has 0 radical (unpaired) electrons. The monoisotopic (exact) mass is 548 g/mol. The molecule has 200 valence electrons. The highest BCUT2D eigenvalue weighted by Gasteiger charge is 2.26. The third-order valence-corrected chi connectivity index (χ3v) is 9.10. The Labute approximate surface area is 247 Å². The zero-order valence-corrected chi connectivity index (χ0v) is 23.2. The molecule has 0 atom stereocenters. The van der Waals surface area contributed by atoms with Crippen LogP contribution in [-0.2, 0) is 0 Å². The lowest BCUT2D eigenvalue weighted by atomic mass is 10.0. The molecule has 7 aromatic carbocycles. The van der Waals surface area contributed by atoms with Crippen LogP contribution in [0.1, 0.15) is 0 Å². The molecule has 3 heteroatoms. The van der Waals surface area contributed by atoms with Gasteiger partial charge in [0.25, 0.3) is 0 Å². The van der Waals surface area contributed by atoms with Crippen LogP contribution in [0.5, 0.6) is 11.5 Å². The normalized spacial score (nSPS) is 12.4. The standard InChI is InChI=1S/C40H24N2O/c1-2-10-28-25(9-1)21-24-33-31-12-3-5-15-34(31)41(38(28)33)27-22-19-26(20-23-27)29-13-7-17-36-39(29)42-35-16-6-4-11-30(35)32-14-8-18-37(43-36)40(32)42/h1-24H. The van der Waals surface area contributed by atoms with Crippen molar-refractivity contribution in [3.8, 4) is 34.0 Å². The average molecular weight is 549 g/mol. The molecule has 0 saturated heterocycles. The first-order valence-electron chi connectivity index (χ1n) is 14.7. The summed E-state index contributed by atoms with van der Waals surface area (Å²) in [5.74, 6) is 1.77. The summed E-state index contributed by atoms with van der Waals surface area (Å²) < 4.78 is 11.3. The summed E-state index contributed by atoms with van der Waals surface area (Å²) in [6.07, 6.45) is 0.